The van der Waals surface area contributed by atoms with Gasteiger partial charge in [0.15, 0.2) is 11.5 Å². The van der Waals surface area contributed by atoms with Crippen molar-refractivity contribution in [3.63, 3.8) is 0 Å². The van der Waals surface area contributed by atoms with Crippen LogP contribution in [0.3, 0.4) is 0 Å². The van der Waals surface area contributed by atoms with Crippen molar-refractivity contribution in [1.29, 1.82) is 0 Å². The molecule has 5 rings (SSSR count). The van der Waals surface area contributed by atoms with E-state index in [1.165, 1.54) is 0 Å². The van der Waals surface area contributed by atoms with E-state index in [0.717, 1.165) is 26.9 Å². The van der Waals surface area contributed by atoms with Gasteiger partial charge in [-0.05, 0) is 50.0 Å². The lowest BCUT2D eigenvalue weighted by atomic mass is 9.92. The second-order valence-corrected chi connectivity index (χ2v) is 7.00. The van der Waals surface area contributed by atoms with Gasteiger partial charge in [-0.25, -0.2) is 0 Å². The van der Waals surface area contributed by atoms with Crippen molar-refractivity contribution in [2.75, 3.05) is 0 Å². The zero-order chi connectivity index (χ0) is 20.3. The Kier molecular flexibility index (Phi) is 3.48. The molecule has 142 valence electrons. The molecule has 0 unspecified atom stereocenters. The molecule has 0 heterocycles. The summed E-state index contributed by atoms with van der Waals surface area (Å²) >= 11 is 0. The maximum absolute atomic E-state index is 10.4. The van der Waals surface area contributed by atoms with Gasteiger partial charge in [0, 0.05) is 0 Å². The normalized spacial score (nSPS) is 11.4. The van der Waals surface area contributed by atoms with E-state index in [4.69, 9.17) is 0 Å². The third-order valence-electron chi connectivity index (χ3n) is 5.38. The van der Waals surface area contributed by atoms with E-state index in [1.54, 1.807) is 12.1 Å². The number of hydrogen-bond acceptors (Lipinski definition) is 5. The fourth-order valence-electron chi connectivity index (χ4n) is 3.94. The highest BCUT2D eigenvalue weighted by Gasteiger charge is 2.25. The summed E-state index contributed by atoms with van der Waals surface area (Å²) in [4.78, 5) is 0. The third kappa shape index (κ3) is 2.34. The minimum absolute atomic E-state index is 0.150. The highest BCUT2D eigenvalue weighted by molar-refractivity contribution is 6.16. The van der Waals surface area contributed by atoms with Gasteiger partial charge < -0.3 is 25.5 Å². The van der Waals surface area contributed by atoms with E-state index >= 15 is 0 Å². The smallest absolute Gasteiger partial charge is 0.208 e. The predicted octanol–water partition coefficient (Wildman–Crippen LogP) is 5.34. The molecule has 5 aromatic carbocycles. The fourth-order valence-corrected chi connectivity index (χ4v) is 3.94. The summed E-state index contributed by atoms with van der Waals surface area (Å²) in [5.41, 5.74) is 0.265. The van der Waals surface area contributed by atoms with Gasteiger partial charge >= 0.3 is 0 Å². The molecule has 0 amide bonds. The summed E-state index contributed by atoms with van der Waals surface area (Å²) in [6, 6.07) is 21.4. The van der Waals surface area contributed by atoms with Crippen LogP contribution in [0.1, 0.15) is 0 Å². The fraction of sp³-hybridized carbons (Fsp3) is 0. The molecule has 5 aromatic rings. The van der Waals surface area contributed by atoms with E-state index < -0.39 is 28.7 Å². The molecule has 0 aliphatic heterocycles. The molecular formula is C24H16O5. The first-order valence-corrected chi connectivity index (χ1v) is 9.00. The lowest BCUT2D eigenvalue weighted by Crippen LogP contribution is -1.87. The maximum atomic E-state index is 10.4. The Morgan fingerprint density at radius 3 is 1.72 bits per heavy atom. The van der Waals surface area contributed by atoms with Gasteiger partial charge in [-0.2, -0.15) is 0 Å². The number of benzene rings is 5. The quantitative estimate of drug-likeness (QED) is 0.116. The summed E-state index contributed by atoms with van der Waals surface area (Å²) in [5.74, 6) is -4.16. The van der Waals surface area contributed by atoms with Crippen LogP contribution >= 0.6 is 0 Å². The maximum Gasteiger partial charge on any atom is 0.208 e. The van der Waals surface area contributed by atoms with Crippen LogP contribution in [-0.2, 0) is 0 Å². The number of phenols is 5. The molecule has 5 N–H and O–H groups in total. The molecule has 0 aliphatic rings. The summed E-state index contributed by atoms with van der Waals surface area (Å²) < 4.78 is 0. The molecule has 0 saturated carbocycles. The number of rotatable bonds is 1. The molecular weight excluding hydrogens is 368 g/mol. The van der Waals surface area contributed by atoms with Gasteiger partial charge in [-0.15, -0.1) is 0 Å². The number of hydrogen-bond donors (Lipinski definition) is 5. The van der Waals surface area contributed by atoms with Crippen LogP contribution < -0.4 is 0 Å². The average molecular weight is 384 g/mol. The summed E-state index contributed by atoms with van der Waals surface area (Å²) in [7, 11) is 0. The predicted molar refractivity (Wildman–Crippen MR) is 113 cm³/mol. The lowest BCUT2D eigenvalue weighted by molar-refractivity contribution is 0.330. The standard InChI is InChI=1S/C24H16O5/c25-20-19(21(26)23(28)24(29)22(20)27)17-7-3-6-15-16(17)9-8-14-10-12-4-1-2-5-13(12)11-18(14)15/h1-11,25-29H. The second-order valence-electron chi connectivity index (χ2n) is 7.00. The molecule has 0 saturated heterocycles. The van der Waals surface area contributed by atoms with Crippen LogP contribution in [0.2, 0.25) is 0 Å². The molecule has 0 spiro atoms. The van der Waals surface area contributed by atoms with Crippen molar-refractivity contribution in [3.8, 4) is 39.9 Å². The highest BCUT2D eigenvalue weighted by Crippen LogP contribution is 2.55. The Morgan fingerprint density at radius 2 is 1.03 bits per heavy atom. The summed E-state index contributed by atoms with van der Waals surface area (Å²) in [6.45, 7) is 0. The molecule has 29 heavy (non-hydrogen) atoms. The Hall–Kier alpha value is -4.12. The van der Waals surface area contributed by atoms with Crippen molar-refractivity contribution in [2.24, 2.45) is 0 Å². The topological polar surface area (TPSA) is 101 Å². The highest BCUT2D eigenvalue weighted by atomic mass is 16.4. The van der Waals surface area contributed by atoms with Crippen LogP contribution in [-0.4, -0.2) is 25.5 Å². The zero-order valence-corrected chi connectivity index (χ0v) is 15.1. The van der Waals surface area contributed by atoms with Gasteiger partial charge in [-0.1, -0.05) is 54.6 Å². The van der Waals surface area contributed by atoms with E-state index in [0.29, 0.717) is 10.9 Å². The van der Waals surface area contributed by atoms with E-state index in [2.05, 4.69) is 12.1 Å². The Bertz CT molecular complexity index is 1420. The van der Waals surface area contributed by atoms with Crippen molar-refractivity contribution < 1.29 is 25.5 Å². The van der Waals surface area contributed by atoms with Crippen molar-refractivity contribution in [2.45, 2.75) is 0 Å². The Morgan fingerprint density at radius 1 is 0.414 bits per heavy atom. The summed E-state index contributed by atoms with van der Waals surface area (Å²) in [6.07, 6.45) is 0. The summed E-state index contributed by atoms with van der Waals surface area (Å²) in [5, 5.41) is 56.1. The number of fused-ring (bicyclic) bond motifs is 4. The van der Waals surface area contributed by atoms with Gasteiger partial charge in [0.1, 0.15) is 0 Å². The van der Waals surface area contributed by atoms with Crippen LogP contribution in [0.25, 0.3) is 43.4 Å². The van der Waals surface area contributed by atoms with Crippen LogP contribution in [0.4, 0.5) is 0 Å². The average Bonchev–Trinajstić information content (AvgIpc) is 2.75. The van der Waals surface area contributed by atoms with Crippen molar-refractivity contribution in [1.82, 2.24) is 0 Å². The molecule has 0 radical (unpaired) electrons. The van der Waals surface area contributed by atoms with E-state index in [1.807, 2.05) is 42.5 Å². The Balaban J connectivity index is 1.90. The van der Waals surface area contributed by atoms with Crippen molar-refractivity contribution in [3.05, 3.63) is 66.7 Å². The molecule has 5 nitrogen and oxygen atoms in total. The largest absolute Gasteiger partial charge is 0.504 e. The van der Waals surface area contributed by atoms with Gasteiger partial charge in [0.2, 0.25) is 17.2 Å². The SMILES string of the molecule is Oc1c(O)c(O)c(-c2cccc3c2ccc2cc4ccccc4cc23)c(O)c1O. The first kappa shape index (κ1) is 17.0. The van der Waals surface area contributed by atoms with Gasteiger partial charge in [-0.3, -0.25) is 0 Å². The molecule has 0 fully saturated rings. The van der Waals surface area contributed by atoms with Gasteiger partial charge in [0.25, 0.3) is 0 Å². The molecule has 0 aliphatic carbocycles. The van der Waals surface area contributed by atoms with Gasteiger partial charge in [0.05, 0.1) is 5.56 Å². The van der Waals surface area contributed by atoms with Crippen molar-refractivity contribution >= 4 is 32.3 Å². The van der Waals surface area contributed by atoms with Crippen LogP contribution in [0.15, 0.2) is 66.7 Å². The molecule has 0 aromatic heterocycles. The van der Waals surface area contributed by atoms with Crippen LogP contribution in [0, 0.1) is 0 Å². The van der Waals surface area contributed by atoms with E-state index in [-0.39, 0.29) is 5.56 Å². The minimum atomic E-state index is -0.971. The monoisotopic (exact) mass is 384 g/mol. The number of aromatic hydroxyl groups is 5. The first-order valence-electron chi connectivity index (χ1n) is 9.00. The first-order chi connectivity index (χ1) is 14.0. The second kappa shape index (κ2) is 5.94. The minimum Gasteiger partial charge on any atom is -0.504 e. The molecule has 5 heteroatoms. The third-order valence-corrected chi connectivity index (χ3v) is 5.38. The lowest BCUT2D eigenvalue weighted by Gasteiger charge is -2.15. The van der Waals surface area contributed by atoms with Crippen LogP contribution in [0.5, 0.6) is 28.7 Å². The Labute approximate surface area is 165 Å². The molecule has 0 bridgehead atoms. The van der Waals surface area contributed by atoms with E-state index in [9.17, 15) is 25.5 Å². The number of phenolic OH excluding ortho intramolecular Hbond substituents is 5. The zero-order valence-electron chi connectivity index (χ0n) is 15.1. The molecule has 0 atom stereocenters.